The zero-order chi connectivity index (χ0) is 27.1. The highest BCUT2D eigenvalue weighted by Gasteiger charge is 2.26. The largest absolute Gasteiger partial charge is 0.497 e. The van der Waals surface area contributed by atoms with Crippen LogP contribution in [0.5, 0.6) is 5.75 Å². The van der Waals surface area contributed by atoms with Crippen molar-refractivity contribution in [1.29, 1.82) is 0 Å². The average molecular weight is 536 g/mol. The number of benzene rings is 2. The third kappa shape index (κ3) is 6.81. The van der Waals surface area contributed by atoms with E-state index in [1.807, 2.05) is 41.3 Å². The topological polar surface area (TPSA) is 78.9 Å². The third-order valence-electron chi connectivity index (χ3n) is 6.93. The molecule has 0 radical (unpaired) electrons. The van der Waals surface area contributed by atoms with Crippen molar-refractivity contribution >= 4 is 29.2 Å². The van der Waals surface area contributed by atoms with Gasteiger partial charge in [-0.2, -0.15) is 0 Å². The standard InChI is InChI=1S/C29H34ClN5O3/c1-4-21(2)19-35(29(37)23-5-9-24(30)10-6-23)20-28(36)34-17-15-33(16-18-34)27-14-13-26(31-32-27)22-7-11-25(38-3)12-8-22/h5-14,21H,4,15-20H2,1-3H3. The van der Waals surface area contributed by atoms with E-state index in [0.717, 1.165) is 29.2 Å². The van der Waals surface area contributed by atoms with Gasteiger partial charge in [0.15, 0.2) is 5.82 Å². The van der Waals surface area contributed by atoms with E-state index in [0.29, 0.717) is 43.3 Å². The molecule has 0 saturated carbocycles. The summed E-state index contributed by atoms with van der Waals surface area (Å²) in [5, 5.41) is 9.39. The van der Waals surface area contributed by atoms with E-state index >= 15 is 0 Å². The van der Waals surface area contributed by atoms with Crippen molar-refractivity contribution in [3.05, 3.63) is 71.2 Å². The van der Waals surface area contributed by atoms with Crippen LogP contribution in [-0.2, 0) is 4.79 Å². The summed E-state index contributed by atoms with van der Waals surface area (Å²) in [5.41, 5.74) is 2.29. The van der Waals surface area contributed by atoms with Crippen LogP contribution in [0, 0.1) is 5.92 Å². The molecule has 9 heteroatoms. The van der Waals surface area contributed by atoms with Gasteiger partial charge in [-0.3, -0.25) is 9.59 Å². The molecule has 2 amide bonds. The molecule has 1 saturated heterocycles. The minimum absolute atomic E-state index is 0.0452. The van der Waals surface area contributed by atoms with E-state index in [1.54, 1.807) is 36.3 Å². The molecule has 2 heterocycles. The van der Waals surface area contributed by atoms with Crippen LogP contribution in [0.25, 0.3) is 11.3 Å². The van der Waals surface area contributed by atoms with Crippen molar-refractivity contribution < 1.29 is 14.3 Å². The molecule has 0 aliphatic carbocycles. The molecule has 0 N–H and O–H groups in total. The first kappa shape index (κ1) is 27.4. The van der Waals surface area contributed by atoms with Crippen LogP contribution < -0.4 is 9.64 Å². The van der Waals surface area contributed by atoms with Gasteiger partial charge in [0.2, 0.25) is 5.91 Å². The second kappa shape index (κ2) is 12.7. The number of aromatic nitrogens is 2. The number of anilines is 1. The van der Waals surface area contributed by atoms with E-state index in [-0.39, 0.29) is 24.3 Å². The fraction of sp³-hybridized carbons (Fsp3) is 0.379. The van der Waals surface area contributed by atoms with Gasteiger partial charge >= 0.3 is 0 Å². The third-order valence-corrected chi connectivity index (χ3v) is 7.18. The number of carbonyl (C=O) groups is 2. The van der Waals surface area contributed by atoms with Crippen molar-refractivity contribution in [2.75, 3.05) is 51.3 Å². The number of halogens is 1. The molecular formula is C29H34ClN5O3. The lowest BCUT2D eigenvalue weighted by molar-refractivity contribution is -0.132. The number of methoxy groups -OCH3 is 1. The Morgan fingerprint density at radius 2 is 1.66 bits per heavy atom. The van der Waals surface area contributed by atoms with Gasteiger partial charge in [-0.25, -0.2) is 0 Å². The Balaban J connectivity index is 1.35. The van der Waals surface area contributed by atoms with Crippen LogP contribution in [0.4, 0.5) is 5.82 Å². The van der Waals surface area contributed by atoms with E-state index in [9.17, 15) is 9.59 Å². The fourth-order valence-corrected chi connectivity index (χ4v) is 4.48. The first-order valence-electron chi connectivity index (χ1n) is 12.9. The van der Waals surface area contributed by atoms with Crippen molar-refractivity contribution in [2.24, 2.45) is 5.92 Å². The molecule has 1 atom stereocenters. The van der Waals surface area contributed by atoms with Crippen LogP contribution in [0.2, 0.25) is 5.02 Å². The number of ether oxygens (including phenoxy) is 1. The maximum absolute atomic E-state index is 13.2. The summed E-state index contributed by atoms with van der Waals surface area (Å²) in [6.07, 6.45) is 0.926. The summed E-state index contributed by atoms with van der Waals surface area (Å²) in [5.74, 6) is 1.67. The van der Waals surface area contributed by atoms with E-state index in [2.05, 4.69) is 28.9 Å². The molecule has 2 aromatic carbocycles. The molecule has 8 nitrogen and oxygen atoms in total. The van der Waals surface area contributed by atoms with Crippen LogP contribution in [0.1, 0.15) is 30.6 Å². The van der Waals surface area contributed by atoms with Crippen LogP contribution >= 0.6 is 11.6 Å². The number of nitrogens with zero attached hydrogens (tertiary/aromatic N) is 5. The van der Waals surface area contributed by atoms with Crippen LogP contribution in [-0.4, -0.2) is 78.2 Å². The van der Waals surface area contributed by atoms with E-state index in [4.69, 9.17) is 16.3 Å². The molecule has 1 aromatic heterocycles. The lowest BCUT2D eigenvalue weighted by atomic mass is 10.1. The van der Waals surface area contributed by atoms with E-state index < -0.39 is 0 Å². The normalized spacial score (nSPS) is 14.2. The second-order valence-corrected chi connectivity index (χ2v) is 10.0. The molecule has 200 valence electrons. The molecule has 3 aromatic rings. The Labute approximate surface area is 229 Å². The Hall–Kier alpha value is -3.65. The number of carbonyl (C=O) groups excluding carboxylic acids is 2. The molecule has 38 heavy (non-hydrogen) atoms. The van der Waals surface area contributed by atoms with Crippen molar-refractivity contribution in [1.82, 2.24) is 20.0 Å². The Bertz CT molecular complexity index is 1210. The summed E-state index contributed by atoms with van der Waals surface area (Å²) < 4.78 is 5.21. The van der Waals surface area contributed by atoms with Gasteiger partial charge in [0.1, 0.15) is 12.3 Å². The lowest BCUT2D eigenvalue weighted by Gasteiger charge is -2.36. The summed E-state index contributed by atoms with van der Waals surface area (Å²) in [6.45, 7) is 7.19. The molecule has 0 spiro atoms. The van der Waals surface area contributed by atoms with Gasteiger partial charge in [0.05, 0.1) is 12.8 Å². The van der Waals surface area contributed by atoms with E-state index in [1.165, 1.54) is 0 Å². The minimum Gasteiger partial charge on any atom is -0.497 e. The van der Waals surface area contributed by atoms with Crippen molar-refractivity contribution in [3.8, 4) is 17.0 Å². The lowest BCUT2D eigenvalue weighted by Crippen LogP contribution is -2.52. The van der Waals surface area contributed by atoms with Gasteiger partial charge in [-0.1, -0.05) is 31.9 Å². The summed E-state index contributed by atoms with van der Waals surface area (Å²) >= 11 is 5.99. The molecule has 1 aliphatic rings. The maximum Gasteiger partial charge on any atom is 0.254 e. The van der Waals surface area contributed by atoms with Gasteiger partial charge in [0, 0.05) is 48.9 Å². The minimum atomic E-state index is -0.152. The predicted octanol–water partition coefficient (Wildman–Crippen LogP) is 4.64. The Morgan fingerprint density at radius 3 is 2.24 bits per heavy atom. The number of hydrogen-bond acceptors (Lipinski definition) is 6. The predicted molar refractivity (Wildman–Crippen MR) is 150 cm³/mol. The van der Waals surface area contributed by atoms with Gasteiger partial charge in [-0.05, 0) is 66.6 Å². The number of piperazine rings is 1. The highest BCUT2D eigenvalue weighted by atomic mass is 35.5. The molecule has 1 aliphatic heterocycles. The van der Waals surface area contributed by atoms with Gasteiger partial charge < -0.3 is 19.4 Å². The first-order valence-corrected chi connectivity index (χ1v) is 13.3. The van der Waals surface area contributed by atoms with Crippen molar-refractivity contribution in [3.63, 3.8) is 0 Å². The SMILES string of the molecule is CCC(C)CN(CC(=O)N1CCN(c2ccc(-c3ccc(OC)cc3)nn2)CC1)C(=O)c1ccc(Cl)cc1. The number of hydrogen-bond donors (Lipinski definition) is 0. The highest BCUT2D eigenvalue weighted by molar-refractivity contribution is 6.30. The van der Waals surface area contributed by atoms with Crippen LogP contribution in [0.15, 0.2) is 60.7 Å². The number of rotatable bonds is 9. The number of amides is 2. The Kier molecular flexibility index (Phi) is 9.18. The molecule has 1 fully saturated rings. The molecule has 0 bridgehead atoms. The Morgan fingerprint density at radius 1 is 0.974 bits per heavy atom. The fourth-order valence-electron chi connectivity index (χ4n) is 4.36. The molecule has 1 unspecified atom stereocenters. The first-order chi connectivity index (χ1) is 18.4. The highest BCUT2D eigenvalue weighted by Crippen LogP contribution is 2.22. The molecular weight excluding hydrogens is 502 g/mol. The van der Waals surface area contributed by atoms with Gasteiger partial charge in [0.25, 0.3) is 5.91 Å². The van der Waals surface area contributed by atoms with Crippen LogP contribution in [0.3, 0.4) is 0 Å². The summed E-state index contributed by atoms with van der Waals surface area (Å²) in [6, 6.07) is 18.4. The zero-order valence-corrected chi connectivity index (χ0v) is 22.9. The zero-order valence-electron chi connectivity index (χ0n) is 22.1. The van der Waals surface area contributed by atoms with Crippen molar-refractivity contribution in [2.45, 2.75) is 20.3 Å². The maximum atomic E-state index is 13.2. The summed E-state index contributed by atoms with van der Waals surface area (Å²) in [4.78, 5) is 32.0. The smallest absolute Gasteiger partial charge is 0.254 e. The molecule has 4 rings (SSSR count). The average Bonchev–Trinajstić information content (AvgIpc) is 2.97. The quantitative estimate of drug-likeness (QED) is 0.397. The van der Waals surface area contributed by atoms with Gasteiger partial charge in [-0.15, -0.1) is 10.2 Å². The monoisotopic (exact) mass is 535 g/mol. The second-order valence-electron chi connectivity index (χ2n) is 9.58. The summed E-state index contributed by atoms with van der Waals surface area (Å²) in [7, 11) is 1.64.